The van der Waals surface area contributed by atoms with Crippen LogP contribution in [0.3, 0.4) is 0 Å². The standard InChI is InChI=1S/C24H27ClN4O5S/c1-3-33-20-10-6-17(7-11-20)23-26-22(34-27-23)16-28(2)24(30)18-5-4-14-29(15-18)35(31,32)21-12-8-19(25)9-13-21/h6-13,18H,3-5,14-16H2,1-2H3/t18-/m0/s1. The number of hydrogen-bond donors (Lipinski definition) is 0. The summed E-state index contributed by atoms with van der Waals surface area (Å²) in [5, 5.41) is 4.47. The topological polar surface area (TPSA) is 106 Å². The summed E-state index contributed by atoms with van der Waals surface area (Å²) in [6.07, 6.45) is 1.20. The average Bonchev–Trinajstić information content (AvgIpc) is 3.33. The van der Waals surface area contributed by atoms with Gasteiger partial charge < -0.3 is 14.2 Å². The molecule has 1 amide bonds. The Bertz CT molecular complexity index is 1260. The smallest absolute Gasteiger partial charge is 0.246 e. The quantitative estimate of drug-likeness (QED) is 0.446. The molecule has 0 N–H and O–H groups in total. The number of carbonyl (C=O) groups is 1. The summed E-state index contributed by atoms with van der Waals surface area (Å²) in [7, 11) is -2.06. The summed E-state index contributed by atoms with van der Waals surface area (Å²) in [5.41, 5.74) is 0.771. The van der Waals surface area contributed by atoms with E-state index in [1.54, 1.807) is 19.2 Å². The van der Waals surface area contributed by atoms with Crippen molar-refractivity contribution in [1.82, 2.24) is 19.3 Å². The fourth-order valence-corrected chi connectivity index (χ4v) is 5.66. The van der Waals surface area contributed by atoms with Gasteiger partial charge in [-0.3, -0.25) is 4.79 Å². The van der Waals surface area contributed by atoms with Crippen molar-refractivity contribution in [1.29, 1.82) is 0 Å². The Morgan fingerprint density at radius 1 is 1.20 bits per heavy atom. The Morgan fingerprint density at radius 3 is 2.60 bits per heavy atom. The first-order chi connectivity index (χ1) is 16.8. The number of ether oxygens (including phenoxy) is 1. The number of carbonyl (C=O) groups excluding carboxylic acids is 1. The van der Waals surface area contributed by atoms with Crippen molar-refractivity contribution < 1.29 is 22.5 Å². The van der Waals surface area contributed by atoms with Gasteiger partial charge in [0.15, 0.2) is 0 Å². The predicted molar refractivity (Wildman–Crippen MR) is 130 cm³/mol. The molecule has 0 spiro atoms. The summed E-state index contributed by atoms with van der Waals surface area (Å²) in [4.78, 5) is 19.2. The molecule has 1 aromatic heterocycles. The fraction of sp³-hybridized carbons (Fsp3) is 0.375. The van der Waals surface area contributed by atoms with Crippen LogP contribution in [0.4, 0.5) is 0 Å². The van der Waals surface area contributed by atoms with Crippen LogP contribution < -0.4 is 4.74 Å². The van der Waals surface area contributed by atoms with Gasteiger partial charge in [0.1, 0.15) is 5.75 Å². The zero-order chi connectivity index (χ0) is 25.0. The van der Waals surface area contributed by atoms with E-state index in [1.807, 2.05) is 31.2 Å². The molecular weight excluding hydrogens is 492 g/mol. The van der Waals surface area contributed by atoms with Gasteiger partial charge in [-0.1, -0.05) is 16.8 Å². The zero-order valence-electron chi connectivity index (χ0n) is 19.6. The van der Waals surface area contributed by atoms with Crippen LogP contribution in [0.25, 0.3) is 11.4 Å². The first kappa shape index (κ1) is 25.2. The molecule has 0 saturated carbocycles. The number of benzene rings is 2. The van der Waals surface area contributed by atoms with Crippen LogP contribution in [0.15, 0.2) is 57.9 Å². The molecule has 1 aliphatic rings. The van der Waals surface area contributed by atoms with Crippen LogP contribution in [0.5, 0.6) is 5.75 Å². The molecule has 4 rings (SSSR count). The van der Waals surface area contributed by atoms with Gasteiger partial charge >= 0.3 is 0 Å². The predicted octanol–water partition coefficient (Wildman–Crippen LogP) is 3.85. The minimum absolute atomic E-state index is 0.120. The Labute approximate surface area is 209 Å². The van der Waals surface area contributed by atoms with E-state index in [2.05, 4.69) is 10.1 Å². The van der Waals surface area contributed by atoms with E-state index in [1.165, 1.54) is 21.3 Å². The van der Waals surface area contributed by atoms with E-state index in [9.17, 15) is 13.2 Å². The highest BCUT2D eigenvalue weighted by Crippen LogP contribution is 2.26. The van der Waals surface area contributed by atoms with Crippen molar-refractivity contribution in [3.8, 4) is 17.1 Å². The average molecular weight is 519 g/mol. The summed E-state index contributed by atoms with van der Waals surface area (Å²) in [5.74, 6) is 0.851. The van der Waals surface area contributed by atoms with Crippen molar-refractivity contribution in [2.24, 2.45) is 5.92 Å². The monoisotopic (exact) mass is 518 g/mol. The second-order valence-corrected chi connectivity index (χ2v) is 10.7. The molecule has 0 unspecified atom stereocenters. The maximum Gasteiger partial charge on any atom is 0.246 e. The third kappa shape index (κ3) is 5.83. The van der Waals surface area contributed by atoms with Crippen molar-refractivity contribution in [3.05, 3.63) is 59.4 Å². The zero-order valence-corrected chi connectivity index (χ0v) is 21.1. The summed E-state index contributed by atoms with van der Waals surface area (Å²) >= 11 is 5.89. The number of rotatable bonds is 8. The maximum absolute atomic E-state index is 13.1. The lowest BCUT2D eigenvalue weighted by molar-refractivity contribution is -0.136. The van der Waals surface area contributed by atoms with E-state index in [-0.39, 0.29) is 23.9 Å². The minimum Gasteiger partial charge on any atom is -0.494 e. The fourth-order valence-electron chi connectivity index (χ4n) is 4.01. The number of piperidine rings is 1. The molecule has 0 aliphatic carbocycles. The number of aromatic nitrogens is 2. The third-order valence-electron chi connectivity index (χ3n) is 5.83. The van der Waals surface area contributed by atoms with Gasteiger partial charge in [0.05, 0.1) is 24.0 Å². The Kier molecular flexibility index (Phi) is 7.73. The number of sulfonamides is 1. The molecule has 0 radical (unpaired) electrons. The van der Waals surface area contributed by atoms with Crippen molar-refractivity contribution >= 4 is 27.5 Å². The van der Waals surface area contributed by atoms with E-state index in [0.29, 0.717) is 42.7 Å². The van der Waals surface area contributed by atoms with Crippen molar-refractivity contribution in [2.75, 3.05) is 26.7 Å². The number of nitrogens with zero attached hydrogens (tertiary/aromatic N) is 4. The highest BCUT2D eigenvalue weighted by Gasteiger charge is 2.34. The Hall–Kier alpha value is -2.95. The first-order valence-corrected chi connectivity index (χ1v) is 13.2. The van der Waals surface area contributed by atoms with Gasteiger partial charge in [-0.2, -0.15) is 9.29 Å². The highest BCUT2D eigenvalue weighted by atomic mass is 35.5. The third-order valence-corrected chi connectivity index (χ3v) is 7.96. The molecule has 9 nitrogen and oxygen atoms in total. The van der Waals surface area contributed by atoms with E-state index >= 15 is 0 Å². The second-order valence-electron chi connectivity index (χ2n) is 8.32. The molecule has 2 aromatic carbocycles. The van der Waals surface area contributed by atoms with Crippen molar-refractivity contribution in [2.45, 2.75) is 31.2 Å². The molecule has 3 aromatic rings. The van der Waals surface area contributed by atoms with Crippen LogP contribution in [-0.2, 0) is 21.4 Å². The summed E-state index contributed by atoms with van der Waals surface area (Å²) in [6.45, 7) is 3.12. The van der Waals surface area contributed by atoms with Crippen LogP contribution in [-0.4, -0.2) is 60.4 Å². The molecule has 1 atom stereocenters. The lowest BCUT2D eigenvalue weighted by Crippen LogP contribution is -2.45. The molecular formula is C24H27ClN4O5S. The lowest BCUT2D eigenvalue weighted by Gasteiger charge is -2.33. The molecule has 186 valence electrons. The van der Waals surface area contributed by atoms with Gasteiger partial charge in [-0.05, 0) is 68.3 Å². The number of amides is 1. The van der Waals surface area contributed by atoms with E-state index < -0.39 is 15.9 Å². The van der Waals surface area contributed by atoms with Gasteiger partial charge in [0, 0.05) is 30.7 Å². The van der Waals surface area contributed by atoms with Crippen LogP contribution >= 0.6 is 11.6 Å². The molecule has 35 heavy (non-hydrogen) atoms. The second kappa shape index (κ2) is 10.8. The molecule has 11 heteroatoms. The van der Waals surface area contributed by atoms with Crippen LogP contribution in [0, 0.1) is 5.92 Å². The Balaban J connectivity index is 1.39. The summed E-state index contributed by atoms with van der Waals surface area (Å²) < 4.78 is 38.2. The van der Waals surface area contributed by atoms with Crippen molar-refractivity contribution in [3.63, 3.8) is 0 Å². The minimum atomic E-state index is -3.71. The van der Waals surface area contributed by atoms with Gasteiger partial charge in [0.2, 0.25) is 27.6 Å². The molecule has 0 bridgehead atoms. The highest BCUT2D eigenvalue weighted by molar-refractivity contribution is 7.89. The van der Waals surface area contributed by atoms with Gasteiger partial charge in [0.25, 0.3) is 0 Å². The number of hydrogen-bond acceptors (Lipinski definition) is 7. The molecule has 1 fully saturated rings. The van der Waals surface area contributed by atoms with Gasteiger partial charge in [-0.15, -0.1) is 0 Å². The summed E-state index contributed by atoms with van der Waals surface area (Å²) in [6, 6.07) is 13.4. The molecule has 1 aliphatic heterocycles. The first-order valence-electron chi connectivity index (χ1n) is 11.3. The van der Waals surface area contributed by atoms with E-state index in [0.717, 1.165) is 11.3 Å². The lowest BCUT2D eigenvalue weighted by atomic mass is 9.98. The molecule has 2 heterocycles. The SMILES string of the molecule is CCOc1ccc(-c2noc(CN(C)C(=O)[C@H]3CCCN(S(=O)(=O)c4ccc(Cl)cc4)C3)n2)cc1. The largest absolute Gasteiger partial charge is 0.494 e. The van der Waals surface area contributed by atoms with E-state index in [4.69, 9.17) is 20.9 Å². The Morgan fingerprint density at radius 2 is 1.91 bits per heavy atom. The van der Waals surface area contributed by atoms with Crippen LogP contribution in [0.1, 0.15) is 25.7 Å². The maximum atomic E-state index is 13.1. The van der Waals surface area contributed by atoms with Crippen LogP contribution in [0.2, 0.25) is 5.02 Å². The van der Waals surface area contributed by atoms with Gasteiger partial charge in [-0.25, -0.2) is 8.42 Å². The normalized spacial score (nSPS) is 16.7. The molecule has 1 saturated heterocycles. The number of halogens is 1.